The highest BCUT2D eigenvalue weighted by atomic mass is 16.6. The highest BCUT2D eigenvalue weighted by Crippen LogP contribution is 1.93. The van der Waals surface area contributed by atoms with Crippen molar-refractivity contribution in [1.29, 1.82) is 0 Å². The summed E-state index contributed by atoms with van der Waals surface area (Å²) < 4.78 is 9.42. The Morgan fingerprint density at radius 2 is 1.76 bits per heavy atom. The summed E-state index contributed by atoms with van der Waals surface area (Å²) in [4.78, 5) is 33.3. The first-order chi connectivity index (χ1) is 7.97. The molecular weight excluding hydrogens is 230 g/mol. The number of carbonyl (C=O) groups is 3. The molecule has 7 heteroatoms. The van der Waals surface area contributed by atoms with Crippen LogP contribution in [-0.2, 0) is 19.1 Å². The van der Waals surface area contributed by atoms with E-state index in [9.17, 15) is 14.4 Å². The zero-order valence-corrected chi connectivity index (χ0v) is 9.97. The van der Waals surface area contributed by atoms with Crippen molar-refractivity contribution in [2.75, 3.05) is 26.8 Å². The van der Waals surface area contributed by atoms with Crippen LogP contribution < -0.4 is 0 Å². The molecule has 17 heavy (non-hydrogen) atoms. The lowest BCUT2D eigenvalue weighted by molar-refractivity contribution is -0.144. The molecule has 0 atom stereocenters. The SMILES string of the molecule is CCCC(=O)OCCOC(=O)N(C)CC(=O)O. The topological polar surface area (TPSA) is 93.1 Å². The van der Waals surface area contributed by atoms with E-state index in [1.54, 1.807) is 0 Å². The number of carboxylic acids is 1. The molecule has 0 saturated carbocycles. The lowest BCUT2D eigenvalue weighted by Gasteiger charge is -2.14. The molecule has 98 valence electrons. The maximum Gasteiger partial charge on any atom is 0.410 e. The third-order valence-electron chi connectivity index (χ3n) is 1.71. The fraction of sp³-hybridized carbons (Fsp3) is 0.700. The first-order valence-corrected chi connectivity index (χ1v) is 5.22. The summed E-state index contributed by atoms with van der Waals surface area (Å²) in [5, 5.41) is 8.42. The molecule has 1 amide bonds. The molecule has 0 aromatic heterocycles. The van der Waals surface area contributed by atoms with Gasteiger partial charge in [0.1, 0.15) is 19.8 Å². The predicted octanol–water partition coefficient (Wildman–Crippen LogP) is 0.483. The van der Waals surface area contributed by atoms with Crippen molar-refractivity contribution in [3.8, 4) is 0 Å². The first kappa shape index (κ1) is 15.2. The van der Waals surface area contributed by atoms with Gasteiger partial charge in [-0.2, -0.15) is 0 Å². The molecule has 0 radical (unpaired) electrons. The summed E-state index contributed by atoms with van der Waals surface area (Å²) in [6, 6.07) is 0. The van der Waals surface area contributed by atoms with E-state index in [1.165, 1.54) is 7.05 Å². The van der Waals surface area contributed by atoms with Gasteiger partial charge in [-0.05, 0) is 6.42 Å². The largest absolute Gasteiger partial charge is 0.480 e. The Balaban J connectivity index is 3.64. The van der Waals surface area contributed by atoms with Crippen LogP contribution in [0, 0.1) is 0 Å². The summed E-state index contributed by atoms with van der Waals surface area (Å²) in [6.07, 6.45) is 0.256. The van der Waals surface area contributed by atoms with Gasteiger partial charge in [0.25, 0.3) is 0 Å². The molecule has 0 fully saturated rings. The summed E-state index contributed by atoms with van der Waals surface area (Å²) in [5.74, 6) is -1.47. The van der Waals surface area contributed by atoms with Gasteiger partial charge in [0.05, 0.1) is 0 Å². The molecule has 0 saturated heterocycles. The molecule has 0 aromatic carbocycles. The Labute approximate surface area is 99.3 Å². The van der Waals surface area contributed by atoms with Crippen molar-refractivity contribution in [2.45, 2.75) is 19.8 Å². The zero-order chi connectivity index (χ0) is 13.3. The van der Waals surface area contributed by atoms with Gasteiger partial charge in [-0.15, -0.1) is 0 Å². The summed E-state index contributed by atoms with van der Waals surface area (Å²) >= 11 is 0. The molecule has 0 spiro atoms. The van der Waals surface area contributed by atoms with Crippen LogP contribution in [0.1, 0.15) is 19.8 Å². The van der Waals surface area contributed by atoms with E-state index in [0.29, 0.717) is 12.8 Å². The minimum absolute atomic E-state index is 0.0223. The van der Waals surface area contributed by atoms with Crippen molar-refractivity contribution in [3.63, 3.8) is 0 Å². The Hall–Kier alpha value is -1.79. The van der Waals surface area contributed by atoms with Gasteiger partial charge in [0.2, 0.25) is 0 Å². The average Bonchev–Trinajstić information content (AvgIpc) is 2.23. The highest BCUT2D eigenvalue weighted by molar-refractivity contribution is 5.76. The number of rotatable bonds is 7. The molecule has 0 aromatic rings. The molecule has 1 N–H and O–H groups in total. The Bertz CT molecular complexity index is 278. The summed E-state index contributed by atoms with van der Waals surface area (Å²) in [7, 11) is 1.31. The number of hydrogen-bond acceptors (Lipinski definition) is 5. The monoisotopic (exact) mass is 247 g/mol. The normalized spacial score (nSPS) is 9.53. The van der Waals surface area contributed by atoms with Crippen LogP contribution in [0.25, 0.3) is 0 Å². The third-order valence-corrected chi connectivity index (χ3v) is 1.71. The van der Waals surface area contributed by atoms with Crippen LogP contribution in [0.3, 0.4) is 0 Å². The van der Waals surface area contributed by atoms with Crippen molar-refractivity contribution >= 4 is 18.0 Å². The number of nitrogens with zero attached hydrogens (tertiary/aromatic N) is 1. The number of carbonyl (C=O) groups excluding carboxylic acids is 2. The van der Waals surface area contributed by atoms with E-state index in [4.69, 9.17) is 9.84 Å². The second-order valence-electron chi connectivity index (χ2n) is 3.33. The fourth-order valence-corrected chi connectivity index (χ4v) is 0.938. The quantitative estimate of drug-likeness (QED) is 0.519. The highest BCUT2D eigenvalue weighted by Gasteiger charge is 2.13. The molecule has 0 rings (SSSR count). The zero-order valence-electron chi connectivity index (χ0n) is 9.97. The minimum atomic E-state index is -1.13. The van der Waals surface area contributed by atoms with Crippen LogP contribution in [0.2, 0.25) is 0 Å². The molecule has 0 heterocycles. The number of amides is 1. The number of carboxylic acid groups (broad SMARTS) is 1. The Morgan fingerprint density at radius 3 is 2.29 bits per heavy atom. The maximum absolute atomic E-state index is 11.1. The second kappa shape index (κ2) is 8.37. The van der Waals surface area contributed by atoms with E-state index >= 15 is 0 Å². The number of esters is 1. The van der Waals surface area contributed by atoms with Gasteiger partial charge in [-0.3, -0.25) is 9.59 Å². The van der Waals surface area contributed by atoms with Crippen molar-refractivity contribution < 1.29 is 29.0 Å². The van der Waals surface area contributed by atoms with Gasteiger partial charge in [0, 0.05) is 13.5 Å². The van der Waals surface area contributed by atoms with Crippen LogP contribution in [0.4, 0.5) is 4.79 Å². The molecule has 0 aliphatic rings. The minimum Gasteiger partial charge on any atom is -0.480 e. The van der Waals surface area contributed by atoms with Crippen LogP contribution in [0.15, 0.2) is 0 Å². The number of aliphatic carboxylic acids is 1. The van der Waals surface area contributed by atoms with Gasteiger partial charge in [0.15, 0.2) is 0 Å². The lowest BCUT2D eigenvalue weighted by atomic mass is 10.3. The van der Waals surface area contributed by atoms with Gasteiger partial charge in [-0.25, -0.2) is 4.79 Å². The van der Waals surface area contributed by atoms with Gasteiger partial charge in [-0.1, -0.05) is 6.92 Å². The molecular formula is C10H17NO6. The van der Waals surface area contributed by atoms with Gasteiger partial charge >= 0.3 is 18.0 Å². The molecule has 0 bridgehead atoms. The first-order valence-electron chi connectivity index (χ1n) is 5.22. The van der Waals surface area contributed by atoms with Gasteiger partial charge < -0.3 is 19.5 Å². The van der Waals surface area contributed by atoms with Crippen LogP contribution >= 0.6 is 0 Å². The lowest BCUT2D eigenvalue weighted by Crippen LogP contribution is -2.33. The average molecular weight is 247 g/mol. The smallest absolute Gasteiger partial charge is 0.410 e. The molecule has 7 nitrogen and oxygen atoms in total. The standard InChI is InChI=1S/C10H17NO6/c1-3-4-9(14)16-5-6-17-10(15)11(2)7-8(12)13/h3-7H2,1-2H3,(H,12,13). The van der Waals surface area contributed by atoms with Crippen molar-refractivity contribution in [3.05, 3.63) is 0 Å². The van der Waals surface area contributed by atoms with E-state index in [0.717, 1.165) is 4.90 Å². The second-order valence-corrected chi connectivity index (χ2v) is 3.33. The fourth-order valence-electron chi connectivity index (χ4n) is 0.938. The van der Waals surface area contributed by atoms with E-state index < -0.39 is 18.6 Å². The van der Waals surface area contributed by atoms with Crippen molar-refractivity contribution in [2.24, 2.45) is 0 Å². The van der Waals surface area contributed by atoms with E-state index in [-0.39, 0.29) is 19.2 Å². The Kier molecular flexibility index (Phi) is 7.49. The number of ether oxygens (including phenoxy) is 2. The summed E-state index contributed by atoms with van der Waals surface area (Å²) in [5.41, 5.74) is 0. The molecule has 0 aliphatic heterocycles. The predicted molar refractivity (Wildman–Crippen MR) is 57.5 cm³/mol. The number of hydrogen-bond donors (Lipinski definition) is 1. The Morgan fingerprint density at radius 1 is 1.18 bits per heavy atom. The number of likely N-dealkylation sites (N-methyl/N-ethyl adjacent to an activating group) is 1. The molecule has 0 unspecified atom stereocenters. The van der Waals surface area contributed by atoms with E-state index in [2.05, 4.69) is 4.74 Å². The van der Waals surface area contributed by atoms with Crippen LogP contribution in [-0.4, -0.2) is 54.8 Å². The van der Waals surface area contributed by atoms with Crippen molar-refractivity contribution in [1.82, 2.24) is 4.90 Å². The summed E-state index contributed by atoms with van der Waals surface area (Å²) in [6.45, 7) is 1.31. The van der Waals surface area contributed by atoms with Crippen LogP contribution in [0.5, 0.6) is 0 Å². The maximum atomic E-state index is 11.1. The third kappa shape index (κ3) is 8.06. The molecule has 0 aliphatic carbocycles. The van der Waals surface area contributed by atoms with E-state index in [1.807, 2.05) is 6.92 Å².